The number of ketones is 2. The zero-order valence-corrected chi connectivity index (χ0v) is 73.5. The average Bonchev–Trinajstić information content (AvgIpc) is 1.54. The van der Waals surface area contributed by atoms with Gasteiger partial charge in [-0.05, 0) is 136 Å². The topological polar surface area (TPSA) is 58.2 Å². The molecule has 4 nitrogen and oxygen atoms in total. The molecule has 0 bridgehead atoms. The summed E-state index contributed by atoms with van der Waals surface area (Å²) in [6.45, 7) is 18.7. The van der Waals surface area contributed by atoms with Crippen LogP contribution in [0.15, 0.2) is 60.7 Å². The van der Waals surface area contributed by atoms with Crippen molar-refractivity contribution < 1.29 is 9.59 Å². The first kappa shape index (κ1) is 87.4. The van der Waals surface area contributed by atoms with Gasteiger partial charge in [0.2, 0.25) is 0 Å². The Morgan fingerprint density at radius 1 is 0.292 bits per heavy atom. The average molecular weight is 1560 g/mol. The summed E-state index contributed by atoms with van der Waals surface area (Å²) in [7, 11) is 0. The molecule has 2 saturated heterocycles. The highest BCUT2D eigenvalue weighted by Gasteiger charge is 2.64. The second-order valence-corrected chi connectivity index (χ2v) is 40.9. The Labute approximate surface area is 673 Å². The van der Waals surface area contributed by atoms with Gasteiger partial charge >= 0.3 is 0 Å². The monoisotopic (exact) mass is 1560 g/mol. The molecule has 2 N–H and O–H groups in total. The molecule has 0 radical (unpaired) electrons. The largest absolute Gasteiger partial charge is 0.299 e. The summed E-state index contributed by atoms with van der Waals surface area (Å²) in [6, 6.07) is 22.8. The molecule has 592 valence electrons. The minimum Gasteiger partial charge on any atom is -0.299 e. The van der Waals surface area contributed by atoms with Crippen molar-refractivity contribution in [2.45, 2.75) is 425 Å². The molecule has 6 aromatic rings. The van der Waals surface area contributed by atoms with Crippen molar-refractivity contribution in [3.05, 3.63) is 111 Å². The maximum Gasteiger partial charge on any atom is 0.160 e. The lowest BCUT2D eigenvalue weighted by Crippen LogP contribution is -2.54. The van der Waals surface area contributed by atoms with E-state index in [-0.39, 0.29) is 35.8 Å². The molecule has 106 heavy (non-hydrogen) atoms. The van der Waals surface area contributed by atoms with E-state index in [2.05, 4.69) is 127 Å². The van der Waals surface area contributed by atoms with Gasteiger partial charge in [-0.3, -0.25) is 20.2 Å². The Morgan fingerprint density at radius 2 is 0.566 bits per heavy atom. The second kappa shape index (κ2) is 49.8. The van der Waals surface area contributed by atoms with Crippen molar-refractivity contribution in [3.8, 4) is 19.5 Å². The van der Waals surface area contributed by atoms with E-state index in [4.69, 9.17) is 0 Å². The number of fused-ring (bicyclic) bond motifs is 2. The van der Waals surface area contributed by atoms with Gasteiger partial charge in [0, 0.05) is 94.3 Å². The van der Waals surface area contributed by atoms with Crippen molar-refractivity contribution >= 4 is 79.6 Å². The predicted molar refractivity (Wildman–Crippen MR) is 473 cm³/mol. The van der Waals surface area contributed by atoms with Crippen LogP contribution in [-0.4, -0.2) is 23.7 Å². The predicted octanol–water partition coefficient (Wildman–Crippen LogP) is 31.9. The van der Waals surface area contributed by atoms with Gasteiger partial charge in [0.1, 0.15) is 12.1 Å². The Hall–Kier alpha value is -2.54. The van der Waals surface area contributed by atoms with Crippen LogP contribution in [0.3, 0.4) is 0 Å². The zero-order chi connectivity index (χ0) is 74.5. The lowest BCUT2D eigenvalue weighted by Gasteiger charge is -2.45. The summed E-state index contributed by atoms with van der Waals surface area (Å²) in [5.41, 5.74) is 3.11. The van der Waals surface area contributed by atoms with Crippen molar-refractivity contribution in [3.63, 3.8) is 0 Å². The highest BCUT2D eigenvalue weighted by molar-refractivity contribution is 7.23. The number of Topliss-reactive ketones (excluding diaryl/α,β-unsaturated/α-hetero) is 2. The molecular weight excluding hydrogens is 1410 g/mol. The summed E-state index contributed by atoms with van der Waals surface area (Å²) in [6.07, 6.45) is 69.7. The number of aryl methyl sites for hydroxylation is 4. The summed E-state index contributed by atoms with van der Waals surface area (Å²) in [5, 5.41) is 8.43. The van der Waals surface area contributed by atoms with Crippen molar-refractivity contribution in [2.24, 2.45) is 23.7 Å². The normalized spacial score (nSPS) is 20.0. The highest BCUT2D eigenvalue weighted by atomic mass is 32.1. The molecule has 3 fully saturated rings. The fourth-order valence-corrected chi connectivity index (χ4v) is 25.6. The molecule has 10 unspecified atom stereocenters. The van der Waals surface area contributed by atoms with Crippen LogP contribution in [0.25, 0.3) is 19.5 Å². The van der Waals surface area contributed by atoms with Gasteiger partial charge in [-0.25, -0.2) is 0 Å². The number of hydrogen-bond acceptors (Lipinski definition) is 10. The molecule has 10 heteroatoms. The summed E-state index contributed by atoms with van der Waals surface area (Å²) < 4.78 is 0. The first-order chi connectivity index (χ1) is 52.1. The van der Waals surface area contributed by atoms with Crippen LogP contribution in [0.4, 0.5) is 0 Å². The smallest absolute Gasteiger partial charge is 0.160 e. The summed E-state index contributed by atoms with van der Waals surface area (Å²) >= 11 is 11.6. The molecule has 3 aliphatic rings. The zero-order valence-electron chi connectivity index (χ0n) is 68.6. The third kappa shape index (κ3) is 27.4. The van der Waals surface area contributed by atoms with E-state index >= 15 is 9.59 Å². The van der Waals surface area contributed by atoms with Crippen LogP contribution in [0.2, 0.25) is 0 Å². The van der Waals surface area contributed by atoms with Crippen molar-refractivity contribution in [1.82, 2.24) is 10.6 Å². The first-order valence-corrected chi connectivity index (χ1v) is 50.1. The molecule has 1 aliphatic carbocycles. The van der Waals surface area contributed by atoms with E-state index in [9.17, 15) is 0 Å². The number of rotatable bonds is 60. The number of carbonyl (C=O) groups excluding carboxylic acids is 2. The number of carbonyl (C=O) groups is 2. The Morgan fingerprint density at radius 3 is 0.868 bits per heavy atom. The molecule has 6 aromatic heterocycles. The van der Waals surface area contributed by atoms with Crippen LogP contribution in [0.1, 0.15) is 424 Å². The standard InChI is InChI=1S/C96H150N2O2S6/c1-9-15-21-27-31-35-37-41-45-49-55-73(53-47-43-39-33-29-23-17-11-3)67-75-69-85(101-71(75)7)79-63-65-81(105-79)87-89-94(98-91(95(89)99)83-61-59-77(103-83)57-51-25-19-13-5)88(90-93(87)97-92(96(90)100)84-62-60-78(104-84)58-52-26-20-14-6)82-66-64-80(106-82)86-70-76(72(8)102-86)68-74(54-48-44-40-34-30-24-18-12-4)56-50-46-42-38-36-32-28-22-16-10-2/h59-66,69-70,73-74,87-94,97-98H,9-58,67-68H2,1-8H3. The Balaban J connectivity index is 0.995. The second-order valence-electron chi connectivity index (χ2n) is 33.8. The summed E-state index contributed by atoms with van der Waals surface area (Å²) in [4.78, 5) is 48.5. The van der Waals surface area contributed by atoms with Gasteiger partial charge in [-0.2, -0.15) is 0 Å². The third-order valence-corrected chi connectivity index (χ3v) is 32.4. The highest BCUT2D eigenvalue weighted by Crippen LogP contribution is 2.59. The van der Waals surface area contributed by atoms with Crippen molar-refractivity contribution in [1.29, 1.82) is 0 Å². The molecule has 10 atom stereocenters. The van der Waals surface area contributed by atoms with Crippen LogP contribution in [0, 0.1) is 37.5 Å². The molecule has 2 aliphatic heterocycles. The number of hydrogen-bond donors (Lipinski definition) is 2. The van der Waals surface area contributed by atoms with E-state index in [0.29, 0.717) is 11.6 Å². The first-order valence-electron chi connectivity index (χ1n) is 45.2. The number of nitrogens with one attached hydrogen (secondary N) is 2. The number of thiophene rings is 6. The molecule has 9 rings (SSSR count). The molecular formula is C96H150N2O2S6. The fraction of sp³-hybridized carbons (Fsp3) is 0.729. The Bertz CT molecular complexity index is 3110. The molecule has 8 heterocycles. The van der Waals surface area contributed by atoms with E-state index in [1.165, 1.54) is 370 Å². The molecule has 1 saturated carbocycles. The quantitative estimate of drug-likeness (QED) is 0.0374. The lowest BCUT2D eigenvalue weighted by atomic mass is 9.61. The van der Waals surface area contributed by atoms with Crippen LogP contribution >= 0.6 is 68.0 Å². The van der Waals surface area contributed by atoms with E-state index in [1.807, 2.05) is 68.0 Å². The SMILES string of the molecule is CCCCCCCCCCCCC(CCCCCCCCCC)Cc1cc(-c2ccc(C3C4NC(c5ccc(CCCCCC)s5)C(=O)C4C(c4ccc(-c5cc(CC(CCCCCCCCCC)CCCCCCCCCCCC)c(C)s5)s4)C4NC(c5ccc(CCCCCC)s5)C(=O)C43)s2)sc1C. The third-order valence-electron chi connectivity index (χ3n) is 25.1. The van der Waals surface area contributed by atoms with Crippen LogP contribution in [-0.2, 0) is 35.3 Å². The van der Waals surface area contributed by atoms with Gasteiger partial charge in [0.25, 0.3) is 0 Å². The lowest BCUT2D eigenvalue weighted by molar-refractivity contribution is -0.127. The maximum atomic E-state index is 16.3. The molecule has 0 spiro atoms. The fourth-order valence-electron chi connectivity index (χ4n) is 18.7. The van der Waals surface area contributed by atoms with Crippen LogP contribution < -0.4 is 10.6 Å². The van der Waals surface area contributed by atoms with E-state index in [0.717, 1.165) is 34.4 Å². The van der Waals surface area contributed by atoms with E-state index < -0.39 is 12.1 Å². The van der Waals surface area contributed by atoms with Gasteiger partial charge in [-0.1, -0.05) is 337 Å². The van der Waals surface area contributed by atoms with Crippen LogP contribution in [0.5, 0.6) is 0 Å². The molecule has 0 amide bonds. The van der Waals surface area contributed by atoms with Gasteiger partial charge in [0.15, 0.2) is 11.6 Å². The van der Waals surface area contributed by atoms with Gasteiger partial charge in [0.05, 0.1) is 0 Å². The van der Waals surface area contributed by atoms with Crippen molar-refractivity contribution in [2.75, 3.05) is 0 Å². The Kier molecular flexibility index (Phi) is 41.1. The minimum atomic E-state index is -0.395. The summed E-state index contributed by atoms with van der Waals surface area (Å²) in [5.74, 6) is 1.21. The van der Waals surface area contributed by atoms with Gasteiger partial charge in [-0.15, -0.1) is 68.0 Å². The van der Waals surface area contributed by atoms with E-state index in [1.54, 1.807) is 11.1 Å². The molecule has 0 aromatic carbocycles. The number of unbranched alkanes of at least 4 members (excludes halogenated alkanes) is 38. The minimum absolute atomic E-state index is 0.149. The maximum absolute atomic E-state index is 16.3. The van der Waals surface area contributed by atoms with Gasteiger partial charge < -0.3 is 0 Å².